The molecule has 0 aliphatic carbocycles. The largest absolute Gasteiger partial charge is 0.309 e. The van der Waals surface area contributed by atoms with Gasteiger partial charge in [0.2, 0.25) is 5.91 Å². The molecule has 2 atom stereocenters. The second kappa shape index (κ2) is 3.28. The molecule has 0 radical (unpaired) electrons. The zero-order chi connectivity index (χ0) is 11.3. The summed E-state index contributed by atoms with van der Waals surface area (Å²) in [5, 5.41) is 0. The lowest BCUT2D eigenvalue weighted by Gasteiger charge is -2.53. The molecule has 4 heteroatoms. The van der Waals surface area contributed by atoms with Crippen LogP contribution in [0.25, 0.3) is 0 Å². The summed E-state index contributed by atoms with van der Waals surface area (Å²) in [6.45, 7) is 0.676. The van der Waals surface area contributed by atoms with E-state index in [9.17, 15) is 9.18 Å². The summed E-state index contributed by atoms with van der Waals surface area (Å²) < 4.78 is 13.1. The molecule has 4 rings (SSSR count). The molecule has 0 spiro atoms. The van der Waals surface area contributed by atoms with Crippen molar-refractivity contribution in [1.29, 1.82) is 0 Å². The molecule has 1 aromatic rings. The monoisotopic (exact) mass is 220 g/mol. The normalized spacial score (nSPS) is 29.1. The Kier molecular flexibility index (Phi) is 2.01. The summed E-state index contributed by atoms with van der Waals surface area (Å²) in [6.07, 6.45) is 0.946. The number of piperidine rings is 1. The Morgan fingerprint density at radius 2 is 2.25 bits per heavy atom. The van der Waals surface area contributed by atoms with Gasteiger partial charge in [-0.2, -0.15) is 0 Å². The van der Waals surface area contributed by atoms with Crippen LogP contribution in [-0.4, -0.2) is 36.5 Å². The predicted octanol–water partition coefficient (Wildman–Crippen LogP) is 1.24. The van der Waals surface area contributed by atoms with Crippen LogP contribution in [0.5, 0.6) is 0 Å². The maximum Gasteiger partial charge on any atom is 0.244 e. The summed E-state index contributed by atoms with van der Waals surface area (Å²) in [5.41, 5.74) is 0.674. The van der Waals surface area contributed by atoms with E-state index >= 15 is 0 Å². The number of likely N-dealkylation sites (N-methyl/N-ethyl adjacent to an activating group) is 1. The number of hydrogen-bond donors (Lipinski definition) is 0. The predicted molar refractivity (Wildman–Crippen MR) is 58.7 cm³/mol. The molecule has 3 fully saturated rings. The van der Waals surface area contributed by atoms with Crippen LogP contribution in [0.3, 0.4) is 0 Å². The molecule has 16 heavy (non-hydrogen) atoms. The molecule has 3 aliphatic rings. The van der Waals surface area contributed by atoms with Crippen LogP contribution in [0.15, 0.2) is 24.3 Å². The second-order valence-corrected chi connectivity index (χ2v) is 4.50. The molecular weight excluding hydrogens is 207 g/mol. The third-order valence-electron chi connectivity index (χ3n) is 3.63. The van der Waals surface area contributed by atoms with E-state index in [4.69, 9.17) is 0 Å². The highest BCUT2D eigenvalue weighted by atomic mass is 19.1. The Morgan fingerprint density at radius 3 is 2.88 bits per heavy atom. The van der Waals surface area contributed by atoms with Gasteiger partial charge in [-0.15, -0.1) is 0 Å². The summed E-state index contributed by atoms with van der Waals surface area (Å²) in [4.78, 5) is 15.8. The highest BCUT2D eigenvalue weighted by molar-refractivity contribution is 5.99. The van der Waals surface area contributed by atoms with Gasteiger partial charge < -0.3 is 4.90 Å². The van der Waals surface area contributed by atoms with Crippen molar-refractivity contribution in [3.8, 4) is 0 Å². The fourth-order valence-electron chi connectivity index (χ4n) is 2.54. The van der Waals surface area contributed by atoms with Gasteiger partial charge >= 0.3 is 0 Å². The number of benzene rings is 1. The fraction of sp³-hybridized carbons (Fsp3) is 0.417. The number of fused-ring (bicyclic) bond motifs is 2. The molecule has 3 heterocycles. The molecule has 1 aromatic carbocycles. The van der Waals surface area contributed by atoms with Gasteiger partial charge in [0.05, 0.1) is 6.04 Å². The first-order chi connectivity index (χ1) is 7.66. The average Bonchev–Trinajstić information content (AvgIpc) is 2.27. The van der Waals surface area contributed by atoms with Gasteiger partial charge in [-0.25, -0.2) is 4.39 Å². The maximum atomic E-state index is 13.1. The molecule has 2 bridgehead atoms. The first-order valence-electron chi connectivity index (χ1n) is 5.45. The van der Waals surface area contributed by atoms with Crippen LogP contribution >= 0.6 is 0 Å². The molecule has 84 valence electrons. The first kappa shape index (κ1) is 9.78. The lowest BCUT2D eigenvalue weighted by atomic mass is 9.87. The minimum absolute atomic E-state index is 0.00187. The Bertz CT molecular complexity index is 448. The standard InChI is InChI=1S/C12H13FN2O/c1-14-10-6-11(14)12(16)15(7-10)9-4-2-3-8(13)5-9/h2-5,10-11H,6-7H2,1H3. The van der Waals surface area contributed by atoms with Gasteiger partial charge in [0.15, 0.2) is 0 Å². The molecule has 1 amide bonds. The molecule has 0 saturated carbocycles. The van der Waals surface area contributed by atoms with Crippen LogP contribution in [0, 0.1) is 5.82 Å². The van der Waals surface area contributed by atoms with Gasteiger partial charge in [-0.3, -0.25) is 9.69 Å². The second-order valence-electron chi connectivity index (χ2n) is 4.50. The van der Waals surface area contributed by atoms with E-state index in [0.717, 1.165) is 6.42 Å². The third-order valence-corrected chi connectivity index (χ3v) is 3.63. The summed E-state index contributed by atoms with van der Waals surface area (Å²) >= 11 is 0. The van der Waals surface area contributed by atoms with Crippen molar-refractivity contribution in [3.63, 3.8) is 0 Å². The summed E-state index contributed by atoms with van der Waals surface area (Å²) in [6, 6.07) is 6.68. The van der Waals surface area contributed by atoms with E-state index < -0.39 is 0 Å². The van der Waals surface area contributed by atoms with Gasteiger partial charge in [-0.05, 0) is 31.7 Å². The van der Waals surface area contributed by atoms with Crippen molar-refractivity contribution >= 4 is 11.6 Å². The number of rotatable bonds is 1. The van der Waals surface area contributed by atoms with E-state index in [-0.39, 0.29) is 17.8 Å². The van der Waals surface area contributed by atoms with Crippen LogP contribution in [0.2, 0.25) is 0 Å². The number of nitrogens with zero attached hydrogens (tertiary/aromatic N) is 2. The number of hydrogen-bond acceptors (Lipinski definition) is 2. The Labute approximate surface area is 93.5 Å². The number of carbonyl (C=O) groups is 1. The van der Waals surface area contributed by atoms with Crippen molar-refractivity contribution in [3.05, 3.63) is 30.1 Å². The SMILES string of the molecule is CN1C2CC1C(=O)N(c1cccc(F)c1)C2. The topological polar surface area (TPSA) is 23.6 Å². The Balaban J connectivity index is 1.89. The van der Waals surface area contributed by atoms with Gasteiger partial charge in [0, 0.05) is 18.3 Å². The van der Waals surface area contributed by atoms with Crippen molar-refractivity contribution in [2.75, 3.05) is 18.5 Å². The number of carbonyl (C=O) groups excluding carboxylic acids is 1. The van der Waals surface area contributed by atoms with Crippen LogP contribution in [0.4, 0.5) is 10.1 Å². The highest BCUT2D eigenvalue weighted by Crippen LogP contribution is 2.34. The van der Waals surface area contributed by atoms with Crippen LogP contribution in [-0.2, 0) is 4.79 Å². The summed E-state index contributed by atoms with van der Waals surface area (Å²) in [5.74, 6) is -0.200. The number of anilines is 1. The first-order valence-corrected chi connectivity index (χ1v) is 5.45. The van der Waals surface area contributed by atoms with Crippen molar-refractivity contribution in [2.24, 2.45) is 0 Å². The van der Waals surface area contributed by atoms with Gasteiger partial charge in [0.1, 0.15) is 5.82 Å². The van der Waals surface area contributed by atoms with Crippen LogP contribution in [0.1, 0.15) is 6.42 Å². The van der Waals surface area contributed by atoms with E-state index in [1.54, 1.807) is 17.0 Å². The zero-order valence-corrected chi connectivity index (χ0v) is 9.06. The molecule has 3 aliphatic heterocycles. The van der Waals surface area contributed by atoms with Crippen LogP contribution < -0.4 is 4.90 Å². The lowest BCUT2D eigenvalue weighted by molar-refractivity contribution is -0.135. The third kappa shape index (κ3) is 1.26. The van der Waals surface area contributed by atoms with Crippen molar-refractivity contribution in [2.45, 2.75) is 18.5 Å². The average molecular weight is 220 g/mol. The minimum Gasteiger partial charge on any atom is -0.309 e. The minimum atomic E-state index is -0.294. The number of piperazine rings is 1. The quantitative estimate of drug-likeness (QED) is 0.711. The van der Waals surface area contributed by atoms with E-state index in [1.807, 2.05) is 7.05 Å². The number of halogens is 1. The highest BCUT2D eigenvalue weighted by Gasteiger charge is 2.48. The molecule has 0 N–H and O–H groups in total. The van der Waals surface area contributed by atoms with E-state index in [0.29, 0.717) is 18.3 Å². The zero-order valence-electron chi connectivity index (χ0n) is 9.06. The smallest absolute Gasteiger partial charge is 0.244 e. The molecule has 2 unspecified atom stereocenters. The maximum absolute atomic E-state index is 13.1. The van der Waals surface area contributed by atoms with Crippen molar-refractivity contribution in [1.82, 2.24) is 4.90 Å². The molecule has 3 nitrogen and oxygen atoms in total. The lowest BCUT2D eigenvalue weighted by Crippen LogP contribution is -2.70. The van der Waals surface area contributed by atoms with Crippen molar-refractivity contribution < 1.29 is 9.18 Å². The van der Waals surface area contributed by atoms with Gasteiger partial charge in [0.25, 0.3) is 0 Å². The van der Waals surface area contributed by atoms with Gasteiger partial charge in [-0.1, -0.05) is 6.07 Å². The summed E-state index contributed by atoms with van der Waals surface area (Å²) in [7, 11) is 1.97. The van der Waals surface area contributed by atoms with E-state index in [1.165, 1.54) is 12.1 Å². The fourth-order valence-corrected chi connectivity index (χ4v) is 2.54. The van der Waals surface area contributed by atoms with E-state index in [2.05, 4.69) is 4.90 Å². The Hall–Kier alpha value is -1.42. The molecule has 0 aromatic heterocycles. The number of amides is 1. The molecular formula is C12H13FN2O. The molecule has 3 saturated heterocycles. The Morgan fingerprint density at radius 1 is 1.44 bits per heavy atom.